The first-order valence-corrected chi connectivity index (χ1v) is 7.65. The van der Waals surface area contributed by atoms with E-state index < -0.39 is 0 Å². The molecule has 0 aliphatic heterocycles. The monoisotopic (exact) mass is 307 g/mol. The highest BCUT2D eigenvalue weighted by molar-refractivity contribution is 5.90. The lowest BCUT2D eigenvalue weighted by atomic mass is 10.0. The van der Waals surface area contributed by atoms with Crippen LogP contribution < -0.4 is 5.32 Å². The third kappa shape index (κ3) is 3.57. The van der Waals surface area contributed by atoms with Gasteiger partial charge in [0.25, 0.3) is 0 Å². The largest absolute Gasteiger partial charge is 0.349 e. The smallest absolute Gasteiger partial charge is 0.224 e. The summed E-state index contributed by atoms with van der Waals surface area (Å²) in [5.74, 6) is -0.318. The van der Waals surface area contributed by atoms with Crippen LogP contribution in [0.1, 0.15) is 24.1 Å². The highest BCUT2D eigenvalue weighted by Crippen LogP contribution is 2.19. The molecule has 3 heteroatoms. The van der Waals surface area contributed by atoms with Gasteiger partial charge in [0.15, 0.2) is 0 Å². The van der Waals surface area contributed by atoms with Crippen LogP contribution in [0, 0.1) is 5.82 Å². The summed E-state index contributed by atoms with van der Waals surface area (Å²) >= 11 is 0. The van der Waals surface area contributed by atoms with Gasteiger partial charge in [-0.15, -0.1) is 0 Å². The van der Waals surface area contributed by atoms with Gasteiger partial charge in [0, 0.05) is 0 Å². The lowest BCUT2D eigenvalue weighted by molar-refractivity contribution is -0.121. The van der Waals surface area contributed by atoms with Gasteiger partial charge in [0.05, 0.1) is 12.5 Å². The van der Waals surface area contributed by atoms with Crippen molar-refractivity contribution in [2.75, 3.05) is 0 Å². The number of amides is 1. The molecule has 3 aromatic carbocycles. The Kier molecular flexibility index (Phi) is 4.38. The number of rotatable bonds is 4. The fraction of sp³-hybridized carbons (Fsp3) is 0.150. The van der Waals surface area contributed by atoms with Crippen LogP contribution >= 0.6 is 0 Å². The van der Waals surface area contributed by atoms with E-state index in [9.17, 15) is 9.18 Å². The molecule has 0 aromatic heterocycles. The number of halogens is 1. The molecule has 0 saturated carbocycles. The molecule has 0 heterocycles. The molecular formula is C20H18FNO. The zero-order valence-electron chi connectivity index (χ0n) is 12.9. The molecule has 3 rings (SSSR count). The Bertz CT molecular complexity index is 821. The second kappa shape index (κ2) is 6.61. The molecule has 1 N–H and O–H groups in total. The van der Waals surface area contributed by atoms with Gasteiger partial charge in [-0.25, -0.2) is 4.39 Å². The standard InChI is InChI=1S/C20H18FNO/c1-14(15-9-11-18(21)12-10-15)22-20(23)13-17-7-4-6-16-5-2-3-8-19(16)17/h2-12,14H,13H2,1H3,(H,22,23)/t14-/m0/s1. The van der Waals surface area contributed by atoms with Crippen LogP contribution in [0.15, 0.2) is 66.7 Å². The number of hydrogen-bond acceptors (Lipinski definition) is 1. The van der Waals surface area contributed by atoms with Gasteiger partial charge in [0.2, 0.25) is 5.91 Å². The van der Waals surface area contributed by atoms with Crippen LogP contribution in [0.3, 0.4) is 0 Å². The molecule has 23 heavy (non-hydrogen) atoms. The predicted molar refractivity (Wildman–Crippen MR) is 90.6 cm³/mol. The van der Waals surface area contributed by atoms with Crippen LogP contribution in [0.4, 0.5) is 4.39 Å². The van der Waals surface area contributed by atoms with Crippen molar-refractivity contribution >= 4 is 16.7 Å². The molecular weight excluding hydrogens is 289 g/mol. The first-order chi connectivity index (χ1) is 11.1. The average molecular weight is 307 g/mol. The van der Waals surface area contributed by atoms with E-state index in [-0.39, 0.29) is 17.8 Å². The molecule has 0 aliphatic carbocycles. The van der Waals surface area contributed by atoms with E-state index in [2.05, 4.69) is 5.32 Å². The Labute approximate surface area is 135 Å². The van der Waals surface area contributed by atoms with Crippen molar-refractivity contribution in [3.05, 3.63) is 83.7 Å². The predicted octanol–water partition coefficient (Wildman–Crippen LogP) is 4.40. The van der Waals surface area contributed by atoms with E-state index in [1.54, 1.807) is 12.1 Å². The third-order valence-electron chi connectivity index (χ3n) is 3.98. The molecule has 3 aromatic rings. The van der Waals surface area contributed by atoms with Crippen molar-refractivity contribution in [3.63, 3.8) is 0 Å². The van der Waals surface area contributed by atoms with Crippen molar-refractivity contribution in [1.82, 2.24) is 5.32 Å². The van der Waals surface area contributed by atoms with E-state index in [4.69, 9.17) is 0 Å². The average Bonchev–Trinajstić information content (AvgIpc) is 2.55. The molecule has 2 nitrogen and oxygen atoms in total. The molecule has 0 fully saturated rings. The normalized spacial score (nSPS) is 12.1. The molecule has 0 spiro atoms. The topological polar surface area (TPSA) is 29.1 Å². The maximum absolute atomic E-state index is 13.0. The summed E-state index contributed by atoms with van der Waals surface area (Å²) < 4.78 is 13.0. The lowest BCUT2D eigenvalue weighted by Crippen LogP contribution is -2.28. The SMILES string of the molecule is C[C@H](NC(=O)Cc1cccc2ccccc12)c1ccc(F)cc1. The second-order valence-electron chi connectivity index (χ2n) is 5.66. The molecule has 1 amide bonds. The summed E-state index contributed by atoms with van der Waals surface area (Å²) in [6.07, 6.45) is 0.326. The Morgan fingerprint density at radius 1 is 1.00 bits per heavy atom. The molecule has 116 valence electrons. The Morgan fingerprint density at radius 2 is 1.70 bits per heavy atom. The van der Waals surface area contributed by atoms with E-state index in [0.29, 0.717) is 6.42 Å². The first-order valence-electron chi connectivity index (χ1n) is 7.65. The van der Waals surface area contributed by atoms with Gasteiger partial charge in [-0.1, -0.05) is 54.6 Å². The maximum atomic E-state index is 13.0. The second-order valence-corrected chi connectivity index (χ2v) is 5.66. The fourth-order valence-electron chi connectivity index (χ4n) is 2.75. The van der Waals surface area contributed by atoms with Gasteiger partial charge in [-0.3, -0.25) is 4.79 Å². The molecule has 0 unspecified atom stereocenters. The fourth-order valence-corrected chi connectivity index (χ4v) is 2.75. The summed E-state index contributed by atoms with van der Waals surface area (Å²) in [4.78, 5) is 12.3. The number of carbonyl (C=O) groups is 1. The Balaban J connectivity index is 1.72. The maximum Gasteiger partial charge on any atom is 0.224 e. The van der Waals surface area contributed by atoms with Gasteiger partial charge < -0.3 is 5.32 Å². The summed E-state index contributed by atoms with van der Waals surface area (Å²) in [6, 6.07) is 20.1. The highest BCUT2D eigenvalue weighted by Gasteiger charge is 2.11. The van der Waals surface area contributed by atoms with Crippen LogP contribution in [0.5, 0.6) is 0 Å². The number of carbonyl (C=O) groups excluding carboxylic acids is 1. The zero-order valence-corrected chi connectivity index (χ0v) is 12.9. The molecule has 0 aliphatic rings. The van der Waals surface area contributed by atoms with Crippen LogP contribution in [-0.2, 0) is 11.2 Å². The van der Waals surface area contributed by atoms with Gasteiger partial charge in [-0.2, -0.15) is 0 Å². The van der Waals surface area contributed by atoms with Crippen molar-refractivity contribution in [2.45, 2.75) is 19.4 Å². The summed E-state index contributed by atoms with van der Waals surface area (Å²) in [6.45, 7) is 1.90. The number of nitrogens with one attached hydrogen (secondary N) is 1. The van der Waals surface area contributed by atoms with Crippen LogP contribution in [-0.4, -0.2) is 5.91 Å². The van der Waals surface area contributed by atoms with Crippen molar-refractivity contribution in [1.29, 1.82) is 0 Å². The summed E-state index contributed by atoms with van der Waals surface area (Å²) in [7, 11) is 0. The Hall–Kier alpha value is -2.68. The van der Waals surface area contributed by atoms with E-state index in [1.165, 1.54) is 12.1 Å². The Morgan fingerprint density at radius 3 is 2.48 bits per heavy atom. The first kappa shape index (κ1) is 15.2. The number of hydrogen-bond donors (Lipinski definition) is 1. The zero-order chi connectivity index (χ0) is 16.2. The lowest BCUT2D eigenvalue weighted by Gasteiger charge is -2.15. The van der Waals surface area contributed by atoms with Crippen molar-refractivity contribution < 1.29 is 9.18 Å². The molecule has 0 radical (unpaired) electrons. The van der Waals surface area contributed by atoms with Crippen LogP contribution in [0.2, 0.25) is 0 Å². The molecule has 0 bridgehead atoms. The minimum Gasteiger partial charge on any atom is -0.349 e. The number of fused-ring (bicyclic) bond motifs is 1. The summed E-state index contributed by atoms with van der Waals surface area (Å²) in [5.41, 5.74) is 1.89. The van der Waals surface area contributed by atoms with Gasteiger partial charge >= 0.3 is 0 Å². The minimum atomic E-state index is -0.275. The number of benzene rings is 3. The van der Waals surface area contributed by atoms with Gasteiger partial charge in [0.1, 0.15) is 5.82 Å². The third-order valence-corrected chi connectivity index (χ3v) is 3.98. The van der Waals surface area contributed by atoms with Gasteiger partial charge in [-0.05, 0) is 41.0 Å². The minimum absolute atomic E-state index is 0.0434. The quantitative estimate of drug-likeness (QED) is 0.760. The van der Waals surface area contributed by atoms with Crippen molar-refractivity contribution in [2.24, 2.45) is 0 Å². The van der Waals surface area contributed by atoms with E-state index >= 15 is 0 Å². The van der Waals surface area contributed by atoms with Crippen molar-refractivity contribution in [3.8, 4) is 0 Å². The van der Waals surface area contributed by atoms with E-state index in [0.717, 1.165) is 21.9 Å². The molecule has 1 atom stereocenters. The molecule has 0 saturated heterocycles. The van der Waals surface area contributed by atoms with E-state index in [1.807, 2.05) is 49.4 Å². The van der Waals surface area contributed by atoms with Crippen LogP contribution in [0.25, 0.3) is 10.8 Å². The highest BCUT2D eigenvalue weighted by atomic mass is 19.1. The summed E-state index contributed by atoms with van der Waals surface area (Å²) in [5, 5.41) is 5.19.